The average Bonchev–Trinajstić information content (AvgIpc) is 3.55. The summed E-state index contributed by atoms with van der Waals surface area (Å²) in [6.45, 7) is 4.48. The zero-order chi connectivity index (χ0) is 25.9. The lowest BCUT2D eigenvalue weighted by molar-refractivity contribution is 0.0526. The van der Waals surface area contributed by atoms with E-state index in [1.807, 2.05) is 22.8 Å². The molecule has 38 heavy (non-hydrogen) atoms. The molecule has 2 aromatic carbocycles. The number of carbonyl (C=O) groups excluding carboxylic acids is 1. The number of nitrogens with zero attached hydrogens (tertiary/aromatic N) is 4. The molecule has 198 valence electrons. The summed E-state index contributed by atoms with van der Waals surface area (Å²) in [6.07, 6.45) is 11.4. The van der Waals surface area contributed by atoms with Gasteiger partial charge in [0.2, 0.25) is 4.96 Å². The van der Waals surface area contributed by atoms with Gasteiger partial charge in [0.25, 0.3) is 0 Å². The molecule has 0 radical (unpaired) electrons. The van der Waals surface area contributed by atoms with E-state index < -0.39 is 0 Å². The molecule has 0 N–H and O–H groups in total. The van der Waals surface area contributed by atoms with Gasteiger partial charge in [-0.1, -0.05) is 42.7 Å². The number of fused-ring (bicyclic) bond motifs is 1. The third-order valence-electron chi connectivity index (χ3n) is 7.71. The van der Waals surface area contributed by atoms with Crippen LogP contribution in [0.4, 0.5) is 0 Å². The highest BCUT2D eigenvalue weighted by atomic mass is 32.1. The second-order valence-corrected chi connectivity index (χ2v) is 11.2. The van der Waals surface area contributed by atoms with E-state index in [1.165, 1.54) is 32.1 Å². The normalized spacial score (nSPS) is 17.6. The van der Waals surface area contributed by atoms with Crippen molar-refractivity contribution in [3.63, 3.8) is 0 Å². The minimum Gasteiger partial charge on any atom is -0.490 e. The number of hydrogen-bond acceptors (Lipinski definition) is 7. The van der Waals surface area contributed by atoms with Gasteiger partial charge >= 0.3 is 5.97 Å². The number of esters is 1. The van der Waals surface area contributed by atoms with E-state index in [1.54, 1.807) is 30.4 Å². The number of aromatic nitrogens is 3. The van der Waals surface area contributed by atoms with Gasteiger partial charge in [-0.3, -0.25) is 0 Å². The maximum atomic E-state index is 11.9. The van der Waals surface area contributed by atoms with Gasteiger partial charge < -0.3 is 14.4 Å². The summed E-state index contributed by atoms with van der Waals surface area (Å²) < 4.78 is 13.2. The van der Waals surface area contributed by atoms with Gasteiger partial charge in [0.05, 0.1) is 24.1 Å². The van der Waals surface area contributed by atoms with E-state index in [4.69, 9.17) is 19.6 Å². The van der Waals surface area contributed by atoms with Crippen LogP contribution in [0.25, 0.3) is 26.8 Å². The Morgan fingerprint density at radius 1 is 0.947 bits per heavy atom. The predicted octanol–water partition coefficient (Wildman–Crippen LogP) is 6.48. The second kappa shape index (κ2) is 11.3. The summed E-state index contributed by atoms with van der Waals surface area (Å²) in [5, 5.41) is 5.67. The molecule has 3 heterocycles. The van der Waals surface area contributed by atoms with Crippen molar-refractivity contribution in [3.8, 4) is 27.6 Å². The molecule has 8 heteroatoms. The van der Waals surface area contributed by atoms with Crippen LogP contribution in [0.3, 0.4) is 0 Å². The van der Waals surface area contributed by atoms with Gasteiger partial charge in [0, 0.05) is 30.3 Å². The first-order chi connectivity index (χ1) is 18.7. The first-order valence-corrected chi connectivity index (χ1v) is 14.6. The molecule has 0 unspecified atom stereocenters. The number of likely N-dealkylation sites (tertiary alicyclic amines) is 1. The molecule has 1 aliphatic heterocycles. The maximum Gasteiger partial charge on any atom is 0.338 e. The van der Waals surface area contributed by atoms with Crippen molar-refractivity contribution in [2.75, 3.05) is 19.7 Å². The zero-order valence-electron chi connectivity index (χ0n) is 21.8. The SMILES string of the molecule is CCOC(=O)c1ccc(-c2cn3nc(-c4ccc(OC5CCN(C6CCCCC6)CC5)cc4)sc3n2)cc1. The van der Waals surface area contributed by atoms with Crippen LogP contribution in [-0.2, 0) is 4.74 Å². The molecule has 6 rings (SSSR count). The Balaban J connectivity index is 1.06. The molecule has 1 saturated heterocycles. The van der Waals surface area contributed by atoms with Crippen molar-refractivity contribution in [2.45, 2.75) is 64.0 Å². The lowest BCUT2D eigenvalue weighted by Gasteiger charge is -2.39. The lowest BCUT2D eigenvalue weighted by Crippen LogP contribution is -2.44. The molecule has 0 amide bonds. The summed E-state index contributed by atoms with van der Waals surface area (Å²) in [7, 11) is 0. The van der Waals surface area contributed by atoms with Crippen molar-refractivity contribution >= 4 is 22.3 Å². The number of piperidine rings is 1. The van der Waals surface area contributed by atoms with E-state index in [2.05, 4.69) is 29.2 Å². The first-order valence-electron chi connectivity index (χ1n) is 13.8. The van der Waals surface area contributed by atoms with Crippen LogP contribution < -0.4 is 4.74 Å². The molecular weight excluding hydrogens is 496 g/mol. The van der Waals surface area contributed by atoms with E-state index in [9.17, 15) is 4.79 Å². The number of imidazole rings is 1. The lowest BCUT2D eigenvalue weighted by atomic mass is 9.92. The number of hydrogen-bond donors (Lipinski definition) is 0. The van der Waals surface area contributed by atoms with E-state index in [-0.39, 0.29) is 5.97 Å². The van der Waals surface area contributed by atoms with Crippen molar-refractivity contribution < 1.29 is 14.3 Å². The van der Waals surface area contributed by atoms with Crippen LogP contribution in [0, 0.1) is 0 Å². The number of ether oxygens (including phenoxy) is 2. The summed E-state index contributed by atoms with van der Waals surface area (Å²) >= 11 is 1.56. The molecule has 0 spiro atoms. The molecule has 2 aromatic heterocycles. The van der Waals surface area contributed by atoms with Crippen molar-refractivity contribution in [3.05, 3.63) is 60.3 Å². The molecular formula is C30H34N4O3S. The van der Waals surface area contributed by atoms with Crippen LogP contribution in [0.5, 0.6) is 5.75 Å². The van der Waals surface area contributed by atoms with Crippen molar-refractivity contribution in [1.29, 1.82) is 0 Å². The van der Waals surface area contributed by atoms with Gasteiger partial charge in [-0.05, 0) is 69.0 Å². The van der Waals surface area contributed by atoms with E-state index >= 15 is 0 Å². The van der Waals surface area contributed by atoms with Crippen LogP contribution in [0.15, 0.2) is 54.7 Å². The van der Waals surface area contributed by atoms with Gasteiger partial charge in [-0.25, -0.2) is 14.3 Å². The molecule has 2 aliphatic rings. The number of rotatable bonds is 7. The Labute approximate surface area is 227 Å². The minimum absolute atomic E-state index is 0.300. The fraction of sp³-hybridized carbons (Fsp3) is 0.433. The topological polar surface area (TPSA) is 69.0 Å². The average molecular weight is 531 g/mol. The van der Waals surface area contributed by atoms with Crippen LogP contribution >= 0.6 is 11.3 Å². The summed E-state index contributed by atoms with van der Waals surface area (Å²) in [4.78, 5) is 20.2. The Morgan fingerprint density at radius 2 is 1.66 bits per heavy atom. The Kier molecular flexibility index (Phi) is 7.42. The molecule has 1 aliphatic carbocycles. The molecule has 2 fully saturated rings. The molecule has 0 atom stereocenters. The Morgan fingerprint density at radius 3 is 2.34 bits per heavy atom. The van der Waals surface area contributed by atoms with Crippen LogP contribution in [0.1, 0.15) is 62.2 Å². The molecule has 1 saturated carbocycles. The van der Waals surface area contributed by atoms with Gasteiger partial charge in [0.15, 0.2) is 0 Å². The molecule has 4 aromatic rings. The summed E-state index contributed by atoms with van der Waals surface area (Å²) in [5.41, 5.74) is 3.35. The predicted molar refractivity (Wildman–Crippen MR) is 150 cm³/mol. The highest BCUT2D eigenvalue weighted by molar-refractivity contribution is 7.19. The first kappa shape index (κ1) is 25.1. The second-order valence-electron chi connectivity index (χ2n) is 10.2. The zero-order valence-corrected chi connectivity index (χ0v) is 22.7. The third-order valence-corrected chi connectivity index (χ3v) is 8.68. The van der Waals surface area contributed by atoms with Crippen molar-refractivity contribution in [2.24, 2.45) is 0 Å². The summed E-state index contributed by atoms with van der Waals surface area (Å²) in [6, 6.07) is 16.4. The summed E-state index contributed by atoms with van der Waals surface area (Å²) in [5.74, 6) is 0.618. The smallest absolute Gasteiger partial charge is 0.338 e. The standard InChI is InChI=1S/C30H34N4O3S/c1-2-36-29(35)23-10-8-21(9-11-23)27-20-34-30(31-27)38-28(32-34)22-12-14-25(15-13-22)37-26-16-18-33(19-17-26)24-6-4-3-5-7-24/h8-15,20,24,26H,2-7,16-19H2,1H3. The quantitative estimate of drug-likeness (QED) is 0.255. The van der Waals surface area contributed by atoms with Gasteiger partial charge in [-0.15, -0.1) is 0 Å². The monoisotopic (exact) mass is 530 g/mol. The minimum atomic E-state index is -0.312. The Hall–Kier alpha value is -3.23. The van der Waals surface area contributed by atoms with Gasteiger partial charge in [0.1, 0.15) is 16.9 Å². The number of benzene rings is 2. The molecule has 7 nitrogen and oxygen atoms in total. The van der Waals surface area contributed by atoms with Crippen LogP contribution in [-0.4, -0.2) is 57.3 Å². The Bertz CT molecular complexity index is 1330. The van der Waals surface area contributed by atoms with Gasteiger partial charge in [-0.2, -0.15) is 5.10 Å². The maximum absolute atomic E-state index is 11.9. The highest BCUT2D eigenvalue weighted by Gasteiger charge is 2.27. The fourth-order valence-corrected chi connectivity index (χ4v) is 6.51. The largest absolute Gasteiger partial charge is 0.490 e. The fourth-order valence-electron chi connectivity index (χ4n) is 5.62. The highest BCUT2D eigenvalue weighted by Crippen LogP contribution is 2.31. The van der Waals surface area contributed by atoms with E-state index in [0.29, 0.717) is 18.3 Å². The van der Waals surface area contributed by atoms with Crippen molar-refractivity contribution in [1.82, 2.24) is 19.5 Å². The molecule has 0 bridgehead atoms. The van der Waals surface area contributed by atoms with E-state index in [0.717, 1.165) is 64.5 Å². The third kappa shape index (κ3) is 5.47. The van der Waals surface area contributed by atoms with Crippen LogP contribution in [0.2, 0.25) is 0 Å². The number of carbonyl (C=O) groups is 1.